The summed E-state index contributed by atoms with van der Waals surface area (Å²) in [5, 5.41) is 10.4. The summed E-state index contributed by atoms with van der Waals surface area (Å²) < 4.78 is 6.07. The van der Waals surface area contributed by atoms with Gasteiger partial charge in [0.05, 0.1) is 12.7 Å². The summed E-state index contributed by atoms with van der Waals surface area (Å²) >= 11 is 3.49. The quantitative estimate of drug-likeness (QED) is 0.894. The Balaban J connectivity index is 2.36. The van der Waals surface area contributed by atoms with Crippen LogP contribution in [0.5, 0.6) is 5.75 Å². The van der Waals surface area contributed by atoms with Crippen molar-refractivity contribution in [2.75, 3.05) is 7.11 Å². The molecule has 15 heavy (non-hydrogen) atoms. The second-order valence-corrected chi connectivity index (χ2v) is 4.94. The Morgan fingerprint density at radius 2 is 2.00 bits per heavy atom. The fourth-order valence-corrected chi connectivity index (χ4v) is 2.96. The second kappa shape index (κ2) is 4.14. The van der Waals surface area contributed by atoms with Crippen LogP contribution in [0, 0.1) is 0 Å². The van der Waals surface area contributed by atoms with E-state index in [1.54, 1.807) is 7.11 Å². The van der Waals surface area contributed by atoms with Gasteiger partial charge in [-0.25, -0.2) is 0 Å². The van der Waals surface area contributed by atoms with Crippen LogP contribution in [0.3, 0.4) is 0 Å². The normalized spacial score (nSPS) is 19.1. The van der Waals surface area contributed by atoms with Crippen molar-refractivity contribution in [1.29, 1.82) is 0 Å². The first kappa shape index (κ1) is 11.0. The molecule has 0 saturated heterocycles. The number of hydrogen-bond acceptors (Lipinski definition) is 2. The molecule has 1 aromatic carbocycles. The van der Waals surface area contributed by atoms with Crippen LogP contribution in [0.15, 0.2) is 22.7 Å². The largest absolute Gasteiger partial charge is 0.497 e. The predicted molar refractivity (Wildman–Crippen MR) is 63.1 cm³/mol. The van der Waals surface area contributed by atoms with Gasteiger partial charge in [-0.3, -0.25) is 0 Å². The molecule has 0 aliphatic heterocycles. The van der Waals surface area contributed by atoms with Gasteiger partial charge in [0.2, 0.25) is 0 Å². The minimum absolute atomic E-state index is 0.634. The molecule has 0 amide bonds. The summed E-state index contributed by atoms with van der Waals surface area (Å²) in [5.74, 6) is 0.812. The smallest absolute Gasteiger partial charge is 0.120 e. The van der Waals surface area contributed by atoms with E-state index < -0.39 is 5.60 Å². The molecule has 2 nitrogen and oxygen atoms in total. The van der Waals surface area contributed by atoms with Crippen molar-refractivity contribution in [3.63, 3.8) is 0 Å². The highest BCUT2D eigenvalue weighted by Gasteiger charge is 2.34. The van der Waals surface area contributed by atoms with Crippen LogP contribution < -0.4 is 4.74 Å². The molecule has 3 heteroatoms. The Morgan fingerprint density at radius 1 is 1.33 bits per heavy atom. The standard InChI is InChI=1S/C12H15BrO2/c1-15-9-4-5-10(11(13)8-9)12(14)6-2-3-7-12/h4-5,8,14H,2-3,6-7H2,1H3. The van der Waals surface area contributed by atoms with E-state index in [2.05, 4.69) is 15.9 Å². The highest BCUT2D eigenvalue weighted by molar-refractivity contribution is 9.10. The van der Waals surface area contributed by atoms with Crippen LogP contribution in [-0.4, -0.2) is 12.2 Å². The minimum Gasteiger partial charge on any atom is -0.497 e. The molecule has 82 valence electrons. The first-order chi connectivity index (χ1) is 7.15. The lowest BCUT2D eigenvalue weighted by molar-refractivity contribution is 0.0437. The van der Waals surface area contributed by atoms with E-state index in [1.807, 2.05) is 18.2 Å². The van der Waals surface area contributed by atoms with Crippen LogP contribution >= 0.6 is 15.9 Å². The topological polar surface area (TPSA) is 29.5 Å². The lowest BCUT2D eigenvalue weighted by Crippen LogP contribution is -2.21. The molecule has 1 aliphatic rings. The SMILES string of the molecule is COc1ccc(C2(O)CCCC2)c(Br)c1. The fourth-order valence-electron chi connectivity index (χ4n) is 2.23. The van der Waals surface area contributed by atoms with E-state index >= 15 is 0 Å². The van der Waals surface area contributed by atoms with Crippen molar-refractivity contribution in [2.45, 2.75) is 31.3 Å². The predicted octanol–water partition coefficient (Wildman–Crippen LogP) is 3.22. The summed E-state index contributed by atoms with van der Waals surface area (Å²) in [6, 6.07) is 5.76. The maximum Gasteiger partial charge on any atom is 0.120 e. The third-order valence-electron chi connectivity index (χ3n) is 3.11. The Labute approximate surface area is 98.4 Å². The van der Waals surface area contributed by atoms with Crippen LogP contribution in [0.2, 0.25) is 0 Å². The number of methoxy groups -OCH3 is 1. The maximum atomic E-state index is 10.4. The molecule has 1 aromatic rings. The Hall–Kier alpha value is -0.540. The molecule has 0 atom stereocenters. The fraction of sp³-hybridized carbons (Fsp3) is 0.500. The van der Waals surface area contributed by atoms with E-state index in [0.29, 0.717) is 0 Å². The van der Waals surface area contributed by atoms with E-state index in [0.717, 1.165) is 41.5 Å². The molecule has 0 aromatic heterocycles. The highest BCUT2D eigenvalue weighted by Crippen LogP contribution is 2.42. The van der Waals surface area contributed by atoms with Gasteiger partial charge in [-0.2, -0.15) is 0 Å². The monoisotopic (exact) mass is 270 g/mol. The van der Waals surface area contributed by atoms with Crippen LogP contribution in [0.25, 0.3) is 0 Å². The zero-order chi connectivity index (χ0) is 10.9. The van der Waals surface area contributed by atoms with Crippen molar-refractivity contribution in [2.24, 2.45) is 0 Å². The number of hydrogen-bond donors (Lipinski definition) is 1. The van der Waals surface area contributed by atoms with Crippen molar-refractivity contribution in [1.82, 2.24) is 0 Å². The van der Waals surface area contributed by atoms with Crippen LogP contribution in [0.4, 0.5) is 0 Å². The van der Waals surface area contributed by atoms with Gasteiger partial charge in [-0.15, -0.1) is 0 Å². The van der Waals surface area contributed by atoms with E-state index in [4.69, 9.17) is 4.74 Å². The molecular weight excluding hydrogens is 256 g/mol. The molecule has 1 aliphatic carbocycles. The lowest BCUT2D eigenvalue weighted by Gasteiger charge is -2.24. The third-order valence-corrected chi connectivity index (χ3v) is 3.76. The highest BCUT2D eigenvalue weighted by atomic mass is 79.9. The van der Waals surface area contributed by atoms with Gasteiger partial charge in [-0.1, -0.05) is 34.8 Å². The first-order valence-corrected chi connectivity index (χ1v) is 6.01. The average molecular weight is 271 g/mol. The third kappa shape index (κ3) is 2.04. The van der Waals surface area contributed by atoms with Crippen molar-refractivity contribution < 1.29 is 9.84 Å². The van der Waals surface area contributed by atoms with Crippen molar-refractivity contribution in [3.05, 3.63) is 28.2 Å². The Kier molecular flexibility index (Phi) is 3.03. The molecule has 1 saturated carbocycles. The summed E-state index contributed by atoms with van der Waals surface area (Å²) in [5.41, 5.74) is 0.353. The van der Waals surface area contributed by atoms with Gasteiger partial charge in [0.25, 0.3) is 0 Å². The van der Waals surface area contributed by atoms with E-state index in [-0.39, 0.29) is 0 Å². The Morgan fingerprint density at radius 3 is 2.53 bits per heavy atom. The number of aliphatic hydroxyl groups is 1. The first-order valence-electron chi connectivity index (χ1n) is 5.22. The number of halogens is 1. The van der Waals surface area contributed by atoms with Crippen LogP contribution in [0.1, 0.15) is 31.2 Å². The lowest BCUT2D eigenvalue weighted by atomic mass is 9.92. The minimum atomic E-state index is -0.634. The summed E-state index contributed by atoms with van der Waals surface area (Å²) in [6.45, 7) is 0. The van der Waals surface area contributed by atoms with Crippen molar-refractivity contribution in [3.8, 4) is 5.75 Å². The molecule has 2 rings (SSSR count). The van der Waals surface area contributed by atoms with E-state index in [9.17, 15) is 5.11 Å². The summed E-state index contributed by atoms with van der Waals surface area (Å²) in [7, 11) is 1.64. The van der Waals surface area contributed by atoms with Crippen LogP contribution in [-0.2, 0) is 5.60 Å². The van der Waals surface area contributed by atoms with Gasteiger partial charge in [0, 0.05) is 4.47 Å². The molecular formula is C12H15BrO2. The summed E-state index contributed by atoms with van der Waals surface area (Å²) in [4.78, 5) is 0. The van der Waals surface area contributed by atoms with Crippen molar-refractivity contribution >= 4 is 15.9 Å². The molecule has 0 radical (unpaired) electrons. The molecule has 1 N–H and O–H groups in total. The van der Waals surface area contributed by atoms with Gasteiger partial charge < -0.3 is 9.84 Å². The number of ether oxygens (including phenoxy) is 1. The molecule has 0 heterocycles. The zero-order valence-electron chi connectivity index (χ0n) is 8.79. The molecule has 0 spiro atoms. The summed E-state index contributed by atoms with van der Waals surface area (Å²) in [6.07, 6.45) is 3.93. The number of rotatable bonds is 2. The maximum absolute atomic E-state index is 10.4. The molecule has 0 bridgehead atoms. The molecule has 1 fully saturated rings. The molecule has 0 unspecified atom stereocenters. The van der Waals surface area contributed by atoms with Gasteiger partial charge in [0.1, 0.15) is 5.75 Å². The zero-order valence-corrected chi connectivity index (χ0v) is 10.4. The van der Waals surface area contributed by atoms with Gasteiger partial charge in [-0.05, 0) is 30.5 Å². The van der Waals surface area contributed by atoms with E-state index in [1.165, 1.54) is 0 Å². The number of benzene rings is 1. The van der Waals surface area contributed by atoms with Gasteiger partial charge in [0.15, 0.2) is 0 Å². The van der Waals surface area contributed by atoms with Gasteiger partial charge >= 0.3 is 0 Å². The average Bonchev–Trinajstić information content (AvgIpc) is 2.65. The Bertz CT molecular complexity index is 357. The second-order valence-electron chi connectivity index (χ2n) is 4.08.